The molecule has 0 atom stereocenters. The summed E-state index contributed by atoms with van der Waals surface area (Å²) in [7, 11) is -3.64. The minimum absolute atomic E-state index is 0.0274. The smallest absolute Gasteiger partial charge is 0.267 e. The predicted molar refractivity (Wildman–Crippen MR) is 113 cm³/mol. The predicted octanol–water partition coefficient (Wildman–Crippen LogP) is 1.57. The van der Waals surface area contributed by atoms with Crippen molar-refractivity contribution in [2.75, 3.05) is 39.4 Å². The van der Waals surface area contributed by atoms with E-state index >= 15 is 0 Å². The standard InChI is InChI=1S/C21H27FN4O4S/c22-17-3-1-16(2-4-17)15-25-7-5-18(6-8-25)24-21(27)20-13-19(14-23-20)31(28,29)26-9-11-30-12-10-26/h1-4,13-14,18,23H,5-12,15H2,(H,24,27). The lowest BCUT2D eigenvalue weighted by Crippen LogP contribution is -2.44. The molecule has 2 saturated heterocycles. The fourth-order valence-electron chi connectivity index (χ4n) is 3.94. The number of carbonyl (C=O) groups excluding carboxylic acids is 1. The van der Waals surface area contributed by atoms with E-state index in [1.54, 1.807) is 12.1 Å². The van der Waals surface area contributed by atoms with Crippen LogP contribution in [0.15, 0.2) is 41.4 Å². The molecule has 0 unspecified atom stereocenters. The second kappa shape index (κ2) is 9.47. The van der Waals surface area contributed by atoms with E-state index in [4.69, 9.17) is 4.74 Å². The third-order valence-corrected chi connectivity index (χ3v) is 7.63. The molecular weight excluding hydrogens is 423 g/mol. The molecule has 31 heavy (non-hydrogen) atoms. The topological polar surface area (TPSA) is 94.7 Å². The quantitative estimate of drug-likeness (QED) is 0.697. The number of halogens is 1. The molecular formula is C21H27FN4O4S. The lowest BCUT2D eigenvalue weighted by molar-refractivity contribution is 0.0730. The van der Waals surface area contributed by atoms with E-state index in [0.717, 1.165) is 38.0 Å². The second-order valence-corrected chi connectivity index (χ2v) is 9.85. The summed E-state index contributed by atoms with van der Waals surface area (Å²) >= 11 is 0. The summed E-state index contributed by atoms with van der Waals surface area (Å²) in [5.74, 6) is -0.546. The molecule has 2 aliphatic heterocycles. The fourth-order valence-corrected chi connectivity index (χ4v) is 5.34. The molecule has 0 bridgehead atoms. The maximum absolute atomic E-state index is 13.0. The normalized spacial score (nSPS) is 19.4. The van der Waals surface area contributed by atoms with Gasteiger partial charge in [-0.2, -0.15) is 4.31 Å². The van der Waals surface area contributed by atoms with E-state index < -0.39 is 10.0 Å². The number of carbonyl (C=O) groups is 1. The van der Waals surface area contributed by atoms with Gasteiger partial charge in [0.1, 0.15) is 16.4 Å². The van der Waals surface area contributed by atoms with Crippen molar-refractivity contribution in [3.63, 3.8) is 0 Å². The molecule has 168 valence electrons. The van der Waals surface area contributed by atoms with Gasteiger partial charge in [-0.25, -0.2) is 12.8 Å². The summed E-state index contributed by atoms with van der Waals surface area (Å²) in [6, 6.07) is 7.93. The van der Waals surface area contributed by atoms with Crippen LogP contribution in [0.3, 0.4) is 0 Å². The number of sulfonamides is 1. The van der Waals surface area contributed by atoms with Crippen LogP contribution >= 0.6 is 0 Å². The number of nitrogens with zero attached hydrogens (tertiary/aromatic N) is 2. The first-order valence-corrected chi connectivity index (χ1v) is 11.9. The van der Waals surface area contributed by atoms with Crippen LogP contribution in [0.5, 0.6) is 0 Å². The van der Waals surface area contributed by atoms with E-state index in [9.17, 15) is 17.6 Å². The molecule has 2 aliphatic rings. The van der Waals surface area contributed by atoms with Gasteiger partial charge in [0.15, 0.2) is 0 Å². The van der Waals surface area contributed by atoms with E-state index in [0.29, 0.717) is 26.3 Å². The number of nitrogens with one attached hydrogen (secondary N) is 2. The van der Waals surface area contributed by atoms with Crippen molar-refractivity contribution in [3.8, 4) is 0 Å². The number of likely N-dealkylation sites (tertiary alicyclic amines) is 1. The second-order valence-electron chi connectivity index (χ2n) is 7.92. The van der Waals surface area contributed by atoms with E-state index in [1.165, 1.54) is 28.7 Å². The van der Waals surface area contributed by atoms with Gasteiger partial charge in [-0.3, -0.25) is 9.69 Å². The first kappa shape index (κ1) is 21.9. The summed E-state index contributed by atoms with van der Waals surface area (Å²) < 4.78 is 45.0. The van der Waals surface area contributed by atoms with Gasteiger partial charge in [0.25, 0.3) is 5.91 Å². The van der Waals surface area contributed by atoms with Crippen LogP contribution in [0.1, 0.15) is 28.9 Å². The van der Waals surface area contributed by atoms with Crippen molar-refractivity contribution in [3.05, 3.63) is 53.6 Å². The summed E-state index contributed by atoms with van der Waals surface area (Å²) in [4.78, 5) is 17.8. The maximum atomic E-state index is 13.0. The fraction of sp³-hybridized carbons (Fsp3) is 0.476. The molecule has 1 aromatic heterocycles. The van der Waals surface area contributed by atoms with Crippen LogP contribution in [0.4, 0.5) is 4.39 Å². The Hall–Kier alpha value is -2.27. The molecule has 8 nitrogen and oxygen atoms in total. The zero-order valence-corrected chi connectivity index (χ0v) is 18.0. The van der Waals surface area contributed by atoms with E-state index in [2.05, 4.69) is 15.2 Å². The minimum atomic E-state index is -3.64. The van der Waals surface area contributed by atoms with Gasteiger partial charge in [-0.15, -0.1) is 0 Å². The highest BCUT2D eigenvalue weighted by atomic mass is 32.2. The van der Waals surface area contributed by atoms with Crippen molar-refractivity contribution in [2.45, 2.75) is 30.3 Å². The molecule has 0 saturated carbocycles. The van der Waals surface area contributed by atoms with E-state index in [-0.39, 0.29) is 28.4 Å². The number of rotatable bonds is 6. The zero-order chi connectivity index (χ0) is 21.8. The number of piperidine rings is 1. The lowest BCUT2D eigenvalue weighted by atomic mass is 10.0. The molecule has 2 aromatic rings. The molecule has 0 aliphatic carbocycles. The van der Waals surface area contributed by atoms with Crippen LogP contribution in [0.2, 0.25) is 0 Å². The summed E-state index contributed by atoms with van der Waals surface area (Å²) in [6.07, 6.45) is 2.96. The molecule has 1 amide bonds. The Labute approximate surface area is 181 Å². The summed E-state index contributed by atoms with van der Waals surface area (Å²) in [5, 5.41) is 3.00. The van der Waals surface area contributed by atoms with Gasteiger partial charge >= 0.3 is 0 Å². The van der Waals surface area contributed by atoms with Crippen molar-refractivity contribution in [2.24, 2.45) is 0 Å². The largest absolute Gasteiger partial charge is 0.379 e. The molecule has 2 N–H and O–H groups in total. The Morgan fingerprint density at radius 3 is 2.48 bits per heavy atom. The van der Waals surface area contributed by atoms with Gasteiger partial charge in [0.2, 0.25) is 10.0 Å². The first-order chi connectivity index (χ1) is 14.9. The third-order valence-electron chi connectivity index (χ3n) is 5.75. The third kappa shape index (κ3) is 5.32. The molecule has 1 aromatic carbocycles. The summed E-state index contributed by atoms with van der Waals surface area (Å²) in [5.41, 5.74) is 1.30. The Morgan fingerprint density at radius 2 is 1.81 bits per heavy atom. The Kier molecular flexibility index (Phi) is 6.71. The highest BCUT2D eigenvalue weighted by molar-refractivity contribution is 7.89. The Balaban J connectivity index is 1.29. The highest BCUT2D eigenvalue weighted by Crippen LogP contribution is 2.19. The van der Waals surface area contributed by atoms with Crippen molar-refractivity contribution < 1.29 is 22.3 Å². The summed E-state index contributed by atoms with van der Waals surface area (Å²) in [6.45, 7) is 3.76. The number of aromatic nitrogens is 1. The lowest BCUT2D eigenvalue weighted by Gasteiger charge is -2.32. The molecule has 2 fully saturated rings. The van der Waals surface area contributed by atoms with Crippen LogP contribution in [-0.4, -0.2) is 73.9 Å². The number of benzene rings is 1. The minimum Gasteiger partial charge on any atom is -0.379 e. The number of ether oxygens (including phenoxy) is 1. The van der Waals surface area contributed by atoms with Crippen LogP contribution in [-0.2, 0) is 21.3 Å². The number of hydrogen-bond acceptors (Lipinski definition) is 5. The number of hydrogen-bond donors (Lipinski definition) is 2. The molecule has 0 spiro atoms. The first-order valence-electron chi connectivity index (χ1n) is 10.5. The Bertz CT molecular complexity index is 995. The maximum Gasteiger partial charge on any atom is 0.267 e. The number of aromatic amines is 1. The Morgan fingerprint density at radius 1 is 1.13 bits per heavy atom. The molecule has 10 heteroatoms. The number of H-pyrrole nitrogens is 1. The van der Waals surface area contributed by atoms with Crippen molar-refractivity contribution in [1.82, 2.24) is 19.5 Å². The average molecular weight is 451 g/mol. The number of morpholine rings is 1. The van der Waals surface area contributed by atoms with E-state index in [1.807, 2.05) is 0 Å². The molecule has 3 heterocycles. The average Bonchev–Trinajstić information content (AvgIpc) is 3.29. The van der Waals surface area contributed by atoms with Gasteiger partial charge < -0.3 is 15.0 Å². The van der Waals surface area contributed by atoms with Crippen LogP contribution in [0, 0.1) is 5.82 Å². The SMILES string of the molecule is O=C(NC1CCN(Cc2ccc(F)cc2)CC1)c1cc(S(=O)(=O)N2CCOCC2)c[nH]1. The van der Waals surface area contributed by atoms with Crippen molar-refractivity contribution >= 4 is 15.9 Å². The van der Waals surface area contributed by atoms with Crippen molar-refractivity contribution in [1.29, 1.82) is 0 Å². The van der Waals surface area contributed by atoms with Gasteiger partial charge in [-0.05, 0) is 36.6 Å². The molecule has 4 rings (SSSR count). The zero-order valence-electron chi connectivity index (χ0n) is 17.2. The molecule has 0 radical (unpaired) electrons. The van der Waals surface area contributed by atoms with Gasteiger partial charge in [0, 0.05) is 45.0 Å². The van der Waals surface area contributed by atoms with Crippen LogP contribution < -0.4 is 5.32 Å². The van der Waals surface area contributed by atoms with Crippen LogP contribution in [0.25, 0.3) is 0 Å². The monoisotopic (exact) mass is 450 g/mol. The highest BCUT2D eigenvalue weighted by Gasteiger charge is 2.28. The number of amides is 1. The van der Waals surface area contributed by atoms with Gasteiger partial charge in [-0.1, -0.05) is 12.1 Å². The van der Waals surface area contributed by atoms with Gasteiger partial charge in [0.05, 0.1) is 13.2 Å².